The van der Waals surface area contributed by atoms with Crippen molar-refractivity contribution in [2.75, 3.05) is 5.73 Å². The standard InChI is InChI=1S/C22H17ClF4N2O4/c1-10-16-12(19(31)33-29-10)3-4-13(17(16)28)18(30)21(32,22(25,26)27)9-20(6-7-20)14-8-11(24)2-5-15(14)23/h2-5,8,32H,6-7,9,28H2,1H3. The van der Waals surface area contributed by atoms with Crippen LogP contribution in [0.1, 0.15) is 40.9 Å². The third kappa shape index (κ3) is 3.67. The maximum atomic E-state index is 14.2. The summed E-state index contributed by atoms with van der Waals surface area (Å²) in [7, 11) is 0. The summed E-state index contributed by atoms with van der Waals surface area (Å²) in [4.78, 5) is 25.1. The Hall–Kier alpha value is -2.98. The number of Topliss-reactive ketones (excluding diaryl/α,β-unsaturated/α-hetero) is 1. The zero-order chi connectivity index (χ0) is 24.3. The molecule has 1 aliphatic carbocycles. The van der Waals surface area contributed by atoms with Gasteiger partial charge < -0.3 is 15.4 Å². The zero-order valence-electron chi connectivity index (χ0n) is 17.1. The molecule has 0 amide bonds. The largest absolute Gasteiger partial charge is 0.424 e. The van der Waals surface area contributed by atoms with E-state index in [0.29, 0.717) is 0 Å². The van der Waals surface area contributed by atoms with Crippen molar-refractivity contribution < 1.29 is 32.0 Å². The first-order chi connectivity index (χ1) is 15.3. The second-order valence-electron chi connectivity index (χ2n) is 8.27. The number of benzene rings is 2. The van der Waals surface area contributed by atoms with Crippen molar-refractivity contribution in [3.63, 3.8) is 0 Å². The summed E-state index contributed by atoms with van der Waals surface area (Å²) < 4.78 is 60.9. The van der Waals surface area contributed by atoms with Gasteiger partial charge in [0.1, 0.15) is 5.82 Å². The molecule has 1 aromatic heterocycles. The number of aryl methyl sites for hydroxylation is 1. The molecule has 1 unspecified atom stereocenters. The second-order valence-corrected chi connectivity index (χ2v) is 8.68. The molecule has 0 spiro atoms. The summed E-state index contributed by atoms with van der Waals surface area (Å²) in [6.45, 7) is 1.40. The zero-order valence-corrected chi connectivity index (χ0v) is 17.9. The summed E-state index contributed by atoms with van der Waals surface area (Å²) in [6, 6.07) is 5.30. The van der Waals surface area contributed by atoms with E-state index in [1.165, 1.54) is 13.0 Å². The Morgan fingerprint density at radius 3 is 2.55 bits per heavy atom. The van der Waals surface area contributed by atoms with Crippen molar-refractivity contribution in [1.29, 1.82) is 0 Å². The van der Waals surface area contributed by atoms with Gasteiger partial charge >= 0.3 is 11.8 Å². The minimum absolute atomic E-state index is 0.0320. The topological polar surface area (TPSA) is 106 Å². The molecule has 4 rings (SSSR count). The number of nitrogens with two attached hydrogens (primary N) is 1. The van der Waals surface area contributed by atoms with Gasteiger partial charge in [-0.1, -0.05) is 16.8 Å². The van der Waals surface area contributed by atoms with Gasteiger partial charge in [-0.2, -0.15) is 13.2 Å². The highest BCUT2D eigenvalue weighted by Crippen LogP contribution is 2.58. The number of halogens is 5. The molecule has 3 N–H and O–H groups in total. The van der Waals surface area contributed by atoms with E-state index >= 15 is 0 Å². The smallest absolute Gasteiger partial charge is 0.398 e. The van der Waals surface area contributed by atoms with Crippen molar-refractivity contribution in [2.24, 2.45) is 0 Å². The molecule has 0 radical (unpaired) electrons. The predicted molar refractivity (Wildman–Crippen MR) is 112 cm³/mol. The number of aliphatic hydroxyl groups is 1. The van der Waals surface area contributed by atoms with Crippen LogP contribution >= 0.6 is 11.6 Å². The lowest BCUT2D eigenvalue weighted by Gasteiger charge is -2.33. The predicted octanol–water partition coefficient (Wildman–Crippen LogP) is 4.47. The first-order valence-corrected chi connectivity index (χ1v) is 10.2. The van der Waals surface area contributed by atoms with Crippen molar-refractivity contribution in [2.45, 2.75) is 43.4 Å². The van der Waals surface area contributed by atoms with Gasteiger partial charge in [0.15, 0.2) is 0 Å². The van der Waals surface area contributed by atoms with Crippen LogP contribution in [-0.4, -0.2) is 27.8 Å². The molecule has 11 heteroatoms. The second kappa shape index (κ2) is 7.53. The molecule has 0 saturated heterocycles. The summed E-state index contributed by atoms with van der Waals surface area (Å²) in [5, 5.41) is 14.2. The summed E-state index contributed by atoms with van der Waals surface area (Å²) in [5.41, 5.74) is -0.997. The van der Waals surface area contributed by atoms with Crippen LogP contribution in [0, 0.1) is 12.7 Å². The number of ketones is 1. The van der Waals surface area contributed by atoms with E-state index in [4.69, 9.17) is 17.3 Å². The Balaban J connectivity index is 1.84. The fourth-order valence-electron chi connectivity index (χ4n) is 4.20. The van der Waals surface area contributed by atoms with Crippen molar-refractivity contribution in [3.8, 4) is 0 Å². The number of aromatic nitrogens is 1. The number of nitrogens with zero attached hydrogens (tertiary/aromatic N) is 1. The molecule has 0 aliphatic heterocycles. The number of hydrogen-bond donors (Lipinski definition) is 2. The van der Waals surface area contributed by atoms with Crippen molar-refractivity contribution >= 4 is 33.8 Å². The highest BCUT2D eigenvalue weighted by molar-refractivity contribution is 6.31. The van der Waals surface area contributed by atoms with Gasteiger partial charge in [0, 0.05) is 27.8 Å². The number of hydrogen-bond acceptors (Lipinski definition) is 6. The van der Waals surface area contributed by atoms with E-state index in [-0.39, 0.29) is 39.9 Å². The SMILES string of the molecule is Cc1noc(=O)c2ccc(C(=O)C(O)(CC3(c4cc(F)ccc4Cl)CC3)C(F)(F)F)c(N)c12. The third-order valence-corrected chi connectivity index (χ3v) is 6.46. The van der Waals surface area contributed by atoms with Crippen LogP contribution in [0.25, 0.3) is 10.8 Å². The first-order valence-electron chi connectivity index (χ1n) is 9.79. The van der Waals surface area contributed by atoms with Crippen LogP contribution < -0.4 is 11.4 Å². The van der Waals surface area contributed by atoms with E-state index < -0.39 is 52.1 Å². The van der Waals surface area contributed by atoms with Crippen LogP contribution in [0.5, 0.6) is 0 Å². The van der Waals surface area contributed by atoms with Gasteiger partial charge in [-0.25, -0.2) is 9.18 Å². The van der Waals surface area contributed by atoms with Gasteiger partial charge in [0.05, 0.1) is 16.8 Å². The molecular weight excluding hydrogens is 468 g/mol. The van der Waals surface area contributed by atoms with Gasteiger partial charge in [0.2, 0.25) is 11.4 Å². The molecule has 1 heterocycles. The summed E-state index contributed by atoms with van der Waals surface area (Å²) in [5.74, 6) is -2.40. The fraction of sp³-hybridized carbons (Fsp3) is 0.318. The molecule has 1 atom stereocenters. The minimum atomic E-state index is -5.39. The molecule has 1 fully saturated rings. The maximum Gasteiger partial charge on any atom is 0.424 e. The number of carbonyl (C=O) groups excluding carboxylic acids is 1. The van der Waals surface area contributed by atoms with Gasteiger partial charge in [-0.05, 0) is 55.7 Å². The quantitative estimate of drug-likeness (QED) is 0.314. The van der Waals surface area contributed by atoms with Crippen LogP contribution in [0.4, 0.5) is 23.2 Å². The monoisotopic (exact) mass is 484 g/mol. The van der Waals surface area contributed by atoms with Crippen molar-refractivity contribution in [1.82, 2.24) is 5.16 Å². The van der Waals surface area contributed by atoms with E-state index in [1.54, 1.807) is 0 Å². The third-order valence-electron chi connectivity index (χ3n) is 6.13. The Labute approximate surface area is 188 Å². The fourth-order valence-corrected chi connectivity index (χ4v) is 4.52. The maximum absolute atomic E-state index is 14.2. The average molecular weight is 485 g/mol. The van der Waals surface area contributed by atoms with E-state index in [1.807, 2.05) is 0 Å². The molecule has 33 heavy (non-hydrogen) atoms. The van der Waals surface area contributed by atoms with E-state index in [0.717, 1.165) is 24.3 Å². The highest BCUT2D eigenvalue weighted by atomic mass is 35.5. The Morgan fingerprint density at radius 2 is 1.94 bits per heavy atom. The number of anilines is 1. The number of rotatable bonds is 5. The molecule has 0 bridgehead atoms. The van der Waals surface area contributed by atoms with Gasteiger partial charge in [-0.3, -0.25) is 4.79 Å². The number of carbonyl (C=O) groups is 1. The lowest BCUT2D eigenvalue weighted by Crippen LogP contribution is -2.54. The van der Waals surface area contributed by atoms with Gasteiger partial charge in [-0.15, -0.1) is 0 Å². The van der Waals surface area contributed by atoms with Crippen molar-refractivity contribution in [3.05, 3.63) is 68.4 Å². The lowest BCUT2D eigenvalue weighted by atomic mass is 9.78. The van der Waals surface area contributed by atoms with E-state index in [2.05, 4.69) is 9.68 Å². The normalized spacial score (nSPS) is 17.1. The molecular formula is C22H17ClF4N2O4. The molecule has 6 nitrogen and oxygen atoms in total. The Morgan fingerprint density at radius 1 is 1.27 bits per heavy atom. The molecule has 3 aromatic rings. The molecule has 1 saturated carbocycles. The van der Waals surface area contributed by atoms with Crippen LogP contribution in [0.2, 0.25) is 5.02 Å². The van der Waals surface area contributed by atoms with E-state index in [9.17, 15) is 32.3 Å². The minimum Gasteiger partial charge on any atom is -0.398 e. The Bertz CT molecular complexity index is 1350. The van der Waals surface area contributed by atoms with Crippen LogP contribution in [0.3, 0.4) is 0 Å². The summed E-state index contributed by atoms with van der Waals surface area (Å²) >= 11 is 6.10. The molecule has 1 aliphatic rings. The first kappa shape index (κ1) is 23.2. The molecule has 2 aromatic carbocycles. The summed E-state index contributed by atoms with van der Waals surface area (Å²) in [6.07, 6.45) is -6.13. The molecule has 174 valence electrons. The highest BCUT2D eigenvalue weighted by Gasteiger charge is 2.65. The average Bonchev–Trinajstić information content (AvgIpc) is 3.51. The Kier molecular flexibility index (Phi) is 5.29. The number of nitrogen functional groups attached to an aromatic ring is 1. The number of alkyl halides is 3. The number of fused-ring (bicyclic) bond motifs is 1. The lowest BCUT2D eigenvalue weighted by molar-refractivity contribution is -0.241. The van der Waals surface area contributed by atoms with Gasteiger partial charge in [0.25, 0.3) is 0 Å². The van der Waals surface area contributed by atoms with Crippen LogP contribution in [-0.2, 0) is 5.41 Å². The van der Waals surface area contributed by atoms with Crippen LogP contribution in [0.15, 0.2) is 39.6 Å².